The number of rotatable bonds is 5. The Bertz CT molecular complexity index is 608. The van der Waals surface area contributed by atoms with Crippen LogP contribution in [0.25, 0.3) is 11.1 Å². The highest BCUT2D eigenvalue weighted by molar-refractivity contribution is 5.65. The number of hydrogen-bond acceptors (Lipinski definition) is 2. The van der Waals surface area contributed by atoms with Gasteiger partial charge in [0.25, 0.3) is 0 Å². The van der Waals surface area contributed by atoms with E-state index in [1.165, 1.54) is 18.9 Å². The smallest absolute Gasteiger partial charge is 0.123 e. The Kier molecular flexibility index (Phi) is 3.70. The van der Waals surface area contributed by atoms with Gasteiger partial charge in [-0.05, 0) is 48.2 Å². The molecule has 0 unspecified atom stereocenters. The van der Waals surface area contributed by atoms with E-state index in [2.05, 4.69) is 11.4 Å². The minimum Gasteiger partial charge on any atom is -0.496 e. The summed E-state index contributed by atoms with van der Waals surface area (Å²) in [5.41, 5.74) is 3.01. The molecule has 3 heteroatoms. The monoisotopic (exact) mass is 271 g/mol. The minimum absolute atomic E-state index is 0.212. The summed E-state index contributed by atoms with van der Waals surface area (Å²) in [5, 5.41) is 3.48. The van der Waals surface area contributed by atoms with Crippen LogP contribution in [0.3, 0.4) is 0 Å². The van der Waals surface area contributed by atoms with E-state index < -0.39 is 0 Å². The van der Waals surface area contributed by atoms with Gasteiger partial charge in [0.15, 0.2) is 0 Å². The van der Waals surface area contributed by atoms with Crippen LogP contribution in [0.15, 0.2) is 42.5 Å². The van der Waals surface area contributed by atoms with Crippen molar-refractivity contribution in [1.29, 1.82) is 0 Å². The fraction of sp³-hybridized carbons (Fsp3) is 0.294. The molecule has 1 fully saturated rings. The zero-order valence-electron chi connectivity index (χ0n) is 11.5. The molecule has 0 radical (unpaired) electrons. The van der Waals surface area contributed by atoms with E-state index in [1.807, 2.05) is 18.2 Å². The van der Waals surface area contributed by atoms with Crippen molar-refractivity contribution in [2.24, 2.45) is 0 Å². The number of hydrogen-bond donors (Lipinski definition) is 1. The van der Waals surface area contributed by atoms with E-state index in [4.69, 9.17) is 4.74 Å². The number of nitrogens with one attached hydrogen (secondary N) is 1. The van der Waals surface area contributed by atoms with Gasteiger partial charge < -0.3 is 10.1 Å². The van der Waals surface area contributed by atoms with Gasteiger partial charge in [-0.2, -0.15) is 0 Å². The molecule has 0 aliphatic heterocycles. The SMILES string of the molecule is COc1ccc(-c2cccc(F)c2)cc1CNC1CC1. The predicted molar refractivity (Wildman–Crippen MR) is 78.2 cm³/mol. The van der Waals surface area contributed by atoms with Crippen molar-refractivity contribution < 1.29 is 9.13 Å². The topological polar surface area (TPSA) is 21.3 Å². The zero-order chi connectivity index (χ0) is 13.9. The van der Waals surface area contributed by atoms with Gasteiger partial charge in [0.1, 0.15) is 11.6 Å². The molecule has 2 aromatic carbocycles. The Balaban J connectivity index is 1.89. The molecular weight excluding hydrogens is 253 g/mol. The number of benzene rings is 2. The normalized spacial score (nSPS) is 14.3. The lowest BCUT2D eigenvalue weighted by Crippen LogP contribution is -2.15. The lowest BCUT2D eigenvalue weighted by atomic mass is 10.0. The number of methoxy groups -OCH3 is 1. The second kappa shape index (κ2) is 5.63. The molecule has 0 heterocycles. The van der Waals surface area contributed by atoms with E-state index >= 15 is 0 Å². The van der Waals surface area contributed by atoms with Crippen LogP contribution in [-0.4, -0.2) is 13.2 Å². The molecule has 0 saturated heterocycles. The van der Waals surface area contributed by atoms with Gasteiger partial charge in [-0.3, -0.25) is 0 Å². The largest absolute Gasteiger partial charge is 0.496 e. The maximum absolute atomic E-state index is 13.3. The molecule has 0 atom stereocenters. The molecule has 0 amide bonds. The average Bonchev–Trinajstić information content (AvgIpc) is 3.29. The predicted octanol–water partition coefficient (Wildman–Crippen LogP) is 3.75. The van der Waals surface area contributed by atoms with E-state index in [0.29, 0.717) is 6.04 Å². The van der Waals surface area contributed by atoms with Crippen LogP contribution in [-0.2, 0) is 6.54 Å². The van der Waals surface area contributed by atoms with Crippen molar-refractivity contribution in [2.45, 2.75) is 25.4 Å². The van der Waals surface area contributed by atoms with Crippen LogP contribution in [0.2, 0.25) is 0 Å². The Morgan fingerprint density at radius 1 is 1.15 bits per heavy atom. The first-order valence-electron chi connectivity index (χ1n) is 6.92. The maximum Gasteiger partial charge on any atom is 0.123 e. The lowest BCUT2D eigenvalue weighted by Gasteiger charge is -2.12. The summed E-state index contributed by atoms with van der Waals surface area (Å²) >= 11 is 0. The fourth-order valence-corrected chi connectivity index (χ4v) is 2.31. The summed E-state index contributed by atoms with van der Waals surface area (Å²) in [5.74, 6) is 0.661. The van der Waals surface area contributed by atoms with Crippen LogP contribution in [0.4, 0.5) is 4.39 Å². The van der Waals surface area contributed by atoms with Crippen molar-refractivity contribution in [3.63, 3.8) is 0 Å². The van der Waals surface area contributed by atoms with Crippen LogP contribution in [0.5, 0.6) is 5.75 Å². The van der Waals surface area contributed by atoms with Gasteiger partial charge in [-0.1, -0.05) is 18.2 Å². The second-order valence-corrected chi connectivity index (χ2v) is 5.19. The highest BCUT2D eigenvalue weighted by atomic mass is 19.1. The average molecular weight is 271 g/mol. The van der Waals surface area contributed by atoms with Crippen molar-refractivity contribution in [3.8, 4) is 16.9 Å². The van der Waals surface area contributed by atoms with E-state index in [9.17, 15) is 4.39 Å². The highest BCUT2D eigenvalue weighted by Crippen LogP contribution is 2.28. The van der Waals surface area contributed by atoms with Gasteiger partial charge in [-0.25, -0.2) is 4.39 Å². The molecule has 2 aromatic rings. The lowest BCUT2D eigenvalue weighted by molar-refractivity contribution is 0.407. The van der Waals surface area contributed by atoms with Crippen LogP contribution >= 0.6 is 0 Å². The molecule has 1 aliphatic carbocycles. The Morgan fingerprint density at radius 3 is 2.65 bits per heavy atom. The summed E-state index contributed by atoms with van der Waals surface area (Å²) < 4.78 is 18.7. The van der Waals surface area contributed by atoms with Crippen molar-refractivity contribution in [3.05, 3.63) is 53.8 Å². The summed E-state index contributed by atoms with van der Waals surface area (Å²) in [6.45, 7) is 0.789. The van der Waals surface area contributed by atoms with Crippen molar-refractivity contribution >= 4 is 0 Å². The van der Waals surface area contributed by atoms with Crippen LogP contribution < -0.4 is 10.1 Å². The highest BCUT2D eigenvalue weighted by Gasteiger charge is 2.20. The Labute approximate surface area is 118 Å². The standard InChI is InChI=1S/C17H18FNO/c1-20-17-8-5-13(12-3-2-4-15(18)10-12)9-14(17)11-19-16-6-7-16/h2-5,8-10,16,19H,6-7,11H2,1H3. The molecular formula is C17H18FNO. The summed E-state index contributed by atoms with van der Waals surface area (Å²) in [6.07, 6.45) is 2.51. The maximum atomic E-state index is 13.3. The fourth-order valence-electron chi connectivity index (χ4n) is 2.31. The van der Waals surface area contributed by atoms with E-state index in [0.717, 1.165) is 29.0 Å². The summed E-state index contributed by atoms with van der Waals surface area (Å²) in [6, 6.07) is 13.3. The Morgan fingerprint density at radius 2 is 1.95 bits per heavy atom. The third kappa shape index (κ3) is 2.99. The van der Waals surface area contributed by atoms with Crippen LogP contribution in [0, 0.1) is 5.82 Å². The number of ether oxygens (including phenoxy) is 1. The summed E-state index contributed by atoms with van der Waals surface area (Å²) in [7, 11) is 1.68. The van der Waals surface area contributed by atoms with Gasteiger partial charge in [0.2, 0.25) is 0 Å². The first-order chi connectivity index (χ1) is 9.76. The van der Waals surface area contributed by atoms with Crippen LogP contribution in [0.1, 0.15) is 18.4 Å². The van der Waals surface area contributed by atoms with Gasteiger partial charge in [-0.15, -0.1) is 0 Å². The first kappa shape index (κ1) is 13.1. The van der Waals surface area contributed by atoms with E-state index in [1.54, 1.807) is 19.2 Å². The molecule has 0 spiro atoms. The molecule has 1 saturated carbocycles. The molecule has 0 bridgehead atoms. The first-order valence-corrected chi connectivity index (χ1v) is 6.92. The third-order valence-corrected chi connectivity index (χ3v) is 3.60. The summed E-state index contributed by atoms with van der Waals surface area (Å²) in [4.78, 5) is 0. The molecule has 2 nitrogen and oxygen atoms in total. The molecule has 0 aromatic heterocycles. The molecule has 104 valence electrons. The van der Waals surface area contributed by atoms with Gasteiger partial charge >= 0.3 is 0 Å². The quantitative estimate of drug-likeness (QED) is 0.894. The minimum atomic E-state index is -0.212. The molecule has 1 aliphatic rings. The van der Waals surface area contributed by atoms with Crippen molar-refractivity contribution in [1.82, 2.24) is 5.32 Å². The van der Waals surface area contributed by atoms with Gasteiger partial charge in [0.05, 0.1) is 7.11 Å². The second-order valence-electron chi connectivity index (χ2n) is 5.19. The molecule has 3 rings (SSSR count). The molecule has 1 N–H and O–H groups in total. The third-order valence-electron chi connectivity index (χ3n) is 3.60. The molecule has 20 heavy (non-hydrogen) atoms. The van der Waals surface area contributed by atoms with Crippen molar-refractivity contribution in [2.75, 3.05) is 7.11 Å². The number of halogens is 1. The van der Waals surface area contributed by atoms with Gasteiger partial charge in [0, 0.05) is 18.2 Å². The Hall–Kier alpha value is -1.87. The van der Waals surface area contributed by atoms with E-state index in [-0.39, 0.29) is 5.82 Å². The zero-order valence-corrected chi connectivity index (χ0v) is 11.5.